The highest BCUT2D eigenvalue weighted by Crippen LogP contribution is 2.27. The molecule has 24 heavy (non-hydrogen) atoms. The standard InChI is InChI=1S/C19H24N2O2S/c1-19(2,3)18-20-15(13-24-18)11-17(22)21-9-10-23-12-16(21)14-7-5-4-6-8-14/h4-8,13,16H,9-12H2,1-3H3/t16-/m1/s1. The van der Waals surface area contributed by atoms with Gasteiger partial charge in [0.25, 0.3) is 0 Å². The summed E-state index contributed by atoms with van der Waals surface area (Å²) in [5.41, 5.74) is 2.02. The summed E-state index contributed by atoms with van der Waals surface area (Å²) in [5.74, 6) is 0.123. The first-order chi connectivity index (χ1) is 11.4. The van der Waals surface area contributed by atoms with Crippen molar-refractivity contribution in [1.82, 2.24) is 9.88 Å². The molecule has 4 nitrogen and oxygen atoms in total. The molecule has 1 saturated heterocycles. The molecular weight excluding hydrogens is 320 g/mol. The van der Waals surface area contributed by atoms with Crippen LogP contribution in [0.4, 0.5) is 0 Å². The van der Waals surface area contributed by atoms with Crippen LogP contribution in [-0.2, 0) is 21.4 Å². The van der Waals surface area contributed by atoms with Crippen LogP contribution in [0.25, 0.3) is 0 Å². The highest BCUT2D eigenvalue weighted by atomic mass is 32.1. The second-order valence-corrected chi connectivity index (χ2v) is 8.02. The maximum absolute atomic E-state index is 12.8. The summed E-state index contributed by atoms with van der Waals surface area (Å²) in [4.78, 5) is 19.4. The van der Waals surface area contributed by atoms with Gasteiger partial charge in [0.2, 0.25) is 5.91 Å². The summed E-state index contributed by atoms with van der Waals surface area (Å²) in [6, 6.07) is 10.1. The Morgan fingerprint density at radius 3 is 2.75 bits per heavy atom. The van der Waals surface area contributed by atoms with Gasteiger partial charge in [0.1, 0.15) is 0 Å². The summed E-state index contributed by atoms with van der Waals surface area (Å²) < 4.78 is 5.61. The predicted molar refractivity (Wildman–Crippen MR) is 96.2 cm³/mol. The molecule has 1 amide bonds. The largest absolute Gasteiger partial charge is 0.377 e. The molecule has 0 aliphatic carbocycles. The third kappa shape index (κ3) is 3.84. The lowest BCUT2D eigenvalue weighted by Gasteiger charge is -2.36. The topological polar surface area (TPSA) is 42.4 Å². The zero-order chi connectivity index (χ0) is 17.2. The number of ether oxygens (including phenoxy) is 1. The Labute approximate surface area is 147 Å². The third-order valence-corrected chi connectivity index (χ3v) is 5.48. The molecule has 1 aliphatic heterocycles. The van der Waals surface area contributed by atoms with Crippen molar-refractivity contribution in [3.63, 3.8) is 0 Å². The number of carbonyl (C=O) groups excluding carboxylic acids is 1. The van der Waals surface area contributed by atoms with Crippen molar-refractivity contribution >= 4 is 17.2 Å². The van der Waals surface area contributed by atoms with Crippen molar-refractivity contribution in [2.24, 2.45) is 0 Å². The lowest BCUT2D eigenvalue weighted by atomic mass is 9.98. The van der Waals surface area contributed by atoms with Gasteiger partial charge in [0.05, 0.1) is 36.4 Å². The van der Waals surface area contributed by atoms with E-state index in [1.807, 2.05) is 28.5 Å². The van der Waals surface area contributed by atoms with Gasteiger partial charge in [-0.25, -0.2) is 4.98 Å². The number of aromatic nitrogens is 1. The van der Waals surface area contributed by atoms with E-state index in [1.165, 1.54) is 0 Å². The SMILES string of the molecule is CC(C)(C)c1nc(CC(=O)N2CCOC[C@@H]2c2ccccc2)cs1. The Morgan fingerprint density at radius 2 is 2.08 bits per heavy atom. The molecule has 0 unspecified atom stereocenters. The second-order valence-electron chi connectivity index (χ2n) is 7.16. The molecule has 0 spiro atoms. The number of morpholine rings is 1. The number of benzene rings is 1. The maximum Gasteiger partial charge on any atom is 0.229 e. The molecule has 1 fully saturated rings. The average molecular weight is 344 g/mol. The van der Waals surface area contributed by atoms with Crippen LogP contribution < -0.4 is 0 Å². The van der Waals surface area contributed by atoms with Gasteiger partial charge in [-0.3, -0.25) is 4.79 Å². The summed E-state index contributed by atoms with van der Waals surface area (Å²) in [6.07, 6.45) is 0.357. The first-order valence-corrected chi connectivity index (χ1v) is 9.20. The molecule has 3 rings (SSSR count). The first-order valence-electron chi connectivity index (χ1n) is 8.32. The van der Waals surface area contributed by atoms with Crippen molar-refractivity contribution in [3.05, 3.63) is 52.0 Å². The highest BCUT2D eigenvalue weighted by Gasteiger charge is 2.29. The summed E-state index contributed by atoms with van der Waals surface area (Å²) >= 11 is 1.64. The van der Waals surface area contributed by atoms with E-state index in [4.69, 9.17) is 4.74 Å². The molecule has 0 N–H and O–H groups in total. The molecule has 5 heteroatoms. The fourth-order valence-electron chi connectivity index (χ4n) is 2.84. The summed E-state index contributed by atoms with van der Waals surface area (Å²) in [7, 11) is 0. The Morgan fingerprint density at radius 1 is 1.33 bits per heavy atom. The van der Waals surface area contributed by atoms with Crippen molar-refractivity contribution in [2.75, 3.05) is 19.8 Å². The zero-order valence-corrected chi connectivity index (χ0v) is 15.3. The van der Waals surface area contributed by atoms with E-state index < -0.39 is 0 Å². The van der Waals surface area contributed by atoms with E-state index >= 15 is 0 Å². The van der Waals surface area contributed by atoms with E-state index in [2.05, 4.69) is 37.9 Å². The van der Waals surface area contributed by atoms with E-state index in [0.29, 0.717) is 26.2 Å². The molecule has 2 aromatic rings. The molecule has 0 saturated carbocycles. The first kappa shape index (κ1) is 17.1. The van der Waals surface area contributed by atoms with Crippen LogP contribution in [-0.4, -0.2) is 35.5 Å². The zero-order valence-electron chi connectivity index (χ0n) is 14.5. The number of amides is 1. The molecule has 1 aromatic carbocycles. The van der Waals surface area contributed by atoms with Gasteiger partial charge in [-0.05, 0) is 5.56 Å². The Kier molecular flexibility index (Phi) is 5.01. The molecule has 0 bridgehead atoms. The lowest BCUT2D eigenvalue weighted by molar-refractivity contribution is -0.139. The van der Waals surface area contributed by atoms with Crippen LogP contribution >= 0.6 is 11.3 Å². The molecule has 1 atom stereocenters. The quantitative estimate of drug-likeness (QED) is 0.855. The molecule has 2 heterocycles. The van der Waals surface area contributed by atoms with Crippen LogP contribution in [0.5, 0.6) is 0 Å². The van der Waals surface area contributed by atoms with Crippen molar-refractivity contribution < 1.29 is 9.53 Å². The van der Waals surface area contributed by atoms with Crippen molar-refractivity contribution in [1.29, 1.82) is 0 Å². The highest BCUT2D eigenvalue weighted by molar-refractivity contribution is 7.09. The lowest BCUT2D eigenvalue weighted by Crippen LogP contribution is -2.44. The van der Waals surface area contributed by atoms with Gasteiger partial charge in [-0.15, -0.1) is 11.3 Å². The maximum atomic E-state index is 12.8. The Hall–Kier alpha value is -1.72. The normalized spacial score (nSPS) is 18.6. The van der Waals surface area contributed by atoms with E-state index in [9.17, 15) is 4.79 Å². The molecular formula is C19H24N2O2S. The Bertz CT molecular complexity index is 691. The third-order valence-electron chi connectivity index (χ3n) is 4.16. The number of nitrogens with zero attached hydrogens (tertiary/aromatic N) is 2. The number of thiazole rings is 1. The number of hydrogen-bond donors (Lipinski definition) is 0. The average Bonchev–Trinajstić information content (AvgIpc) is 3.04. The summed E-state index contributed by atoms with van der Waals surface area (Å²) in [5, 5.41) is 3.09. The monoisotopic (exact) mass is 344 g/mol. The van der Waals surface area contributed by atoms with Gasteiger partial charge in [-0.1, -0.05) is 51.1 Å². The van der Waals surface area contributed by atoms with Gasteiger partial charge in [0, 0.05) is 17.3 Å². The molecule has 1 aromatic heterocycles. The van der Waals surface area contributed by atoms with Crippen molar-refractivity contribution in [3.8, 4) is 0 Å². The number of carbonyl (C=O) groups is 1. The van der Waals surface area contributed by atoms with E-state index in [-0.39, 0.29) is 17.4 Å². The van der Waals surface area contributed by atoms with Crippen LogP contribution in [0.1, 0.15) is 43.1 Å². The van der Waals surface area contributed by atoms with E-state index in [1.54, 1.807) is 11.3 Å². The van der Waals surface area contributed by atoms with Crippen LogP contribution in [0.2, 0.25) is 0 Å². The molecule has 1 aliphatic rings. The smallest absolute Gasteiger partial charge is 0.229 e. The minimum atomic E-state index is -0.00632. The van der Waals surface area contributed by atoms with Crippen LogP contribution in [0.15, 0.2) is 35.7 Å². The van der Waals surface area contributed by atoms with Gasteiger partial charge >= 0.3 is 0 Å². The van der Waals surface area contributed by atoms with E-state index in [0.717, 1.165) is 16.3 Å². The van der Waals surface area contributed by atoms with Gasteiger partial charge < -0.3 is 9.64 Å². The minimum Gasteiger partial charge on any atom is -0.377 e. The number of rotatable bonds is 3. The number of hydrogen-bond acceptors (Lipinski definition) is 4. The van der Waals surface area contributed by atoms with Crippen LogP contribution in [0.3, 0.4) is 0 Å². The van der Waals surface area contributed by atoms with Gasteiger partial charge in [0.15, 0.2) is 0 Å². The minimum absolute atomic E-state index is 0.00632. The molecule has 128 valence electrons. The predicted octanol–water partition coefficient (Wildman–Crippen LogP) is 3.58. The van der Waals surface area contributed by atoms with Crippen molar-refractivity contribution in [2.45, 2.75) is 38.6 Å². The summed E-state index contributed by atoms with van der Waals surface area (Å²) in [6.45, 7) is 8.22. The second kappa shape index (κ2) is 7.03. The van der Waals surface area contributed by atoms with Gasteiger partial charge in [-0.2, -0.15) is 0 Å². The fraction of sp³-hybridized carbons (Fsp3) is 0.474. The molecule has 0 radical (unpaired) electrons. The fourth-order valence-corrected chi connectivity index (χ4v) is 3.75. The Balaban J connectivity index is 1.74. The van der Waals surface area contributed by atoms with Crippen LogP contribution in [0, 0.1) is 0 Å².